The number of hydrogen-bond donors (Lipinski definition) is 4. The average molecular weight is 312 g/mol. The summed E-state index contributed by atoms with van der Waals surface area (Å²) >= 11 is 0. The van der Waals surface area contributed by atoms with Crippen LogP contribution in [0.1, 0.15) is 12.6 Å². The van der Waals surface area contributed by atoms with E-state index in [1.807, 2.05) is 0 Å². The molecule has 0 saturated carbocycles. The van der Waals surface area contributed by atoms with Crippen molar-refractivity contribution in [2.45, 2.75) is 24.9 Å². The van der Waals surface area contributed by atoms with Gasteiger partial charge in [-0.3, -0.25) is 9.09 Å². The number of phosphoric ester groups is 1. The molecule has 5 N–H and O–H groups in total. The van der Waals surface area contributed by atoms with Crippen LogP contribution in [0.5, 0.6) is 0 Å². The molecule has 1 aromatic heterocycles. The second-order valence-corrected chi connectivity index (χ2v) is 5.36. The number of aliphatic hydroxyl groups excluding tert-OH is 1. The first-order valence-corrected chi connectivity index (χ1v) is 7.03. The van der Waals surface area contributed by atoms with E-state index in [0.717, 1.165) is 10.9 Å². The number of ether oxygens (including phenoxy) is 1. The van der Waals surface area contributed by atoms with Gasteiger partial charge in [-0.25, -0.2) is 14.3 Å². The van der Waals surface area contributed by atoms with Crippen molar-refractivity contribution in [3.05, 3.63) is 16.8 Å². The Kier molecular flexibility index (Phi) is 4.18. The van der Waals surface area contributed by atoms with Gasteiger partial charge in [0.15, 0.2) is 0 Å². The monoisotopic (exact) mass is 312 g/mol. The van der Waals surface area contributed by atoms with Gasteiger partial charge in [-0.15, -0.1) is 0 Å². The molecule has 0 spiro atoms. The highest BCUT2D eigenvalue weighted by Crippen LogP contribution is 2.38. The van der Waals surface area contributed by atoms with Crippen LogP contribution in [0.3, 0.4) is 0 Å². The third-order valence-corrected chi connectivity index (χ3v) is 3.15. The van der Waals surface area contributed by atoms with Crippen LogP contribution >= 0.6 is 7.82 Å². The minimum absolute atomic E-state index is 0.0301. The molecule has 1 aromatic rings. The molecule has 1 fully saturated rings. The van der Waals surface area contributed by atoms with Crippen LogP contribution in [-0.2, 0) is 13.8 Å². The van der Waals surface area contributed by atoms with Crippen molar-refractivity contribution in [1.29, 1.82) is 0 Å². The molecule has 1 aliphatic heterocycles. The maximum Gasteiger partial charge on any atom is 0.469 e. The Morgan fingerprint density at radius 1 is 1.60 bits per heavy atom. The summed E-state index contributed by atoms with van der Waals surface area (Å²) < 4.78 is 21.2. The SMILES string of the molecule is [15NH2]c1[15n]c[15n]([C@H]2C[C@@H](O)[C@@H](COP(=O)(O)O)O2)c(=O)[15n]1. The Hall–Kier alpha value is -1.36. The molecule has 1 saturated heterocycles. The molecule has 3 atom stereocenters. The van der Waals surface area contributed by atoms with Crippen LogP contribution in [0.25, 0.3) is 0 Å². The van der Waals surface area contributed by atoms with Gasteiger partial charge in [0.2, 0.25) is 5.95 Å². The Morgan fingerprint density at radius 3 is 2.90 bits per heavy atom. The second kappa shape index (κ2) is 5.56. The topological polar surface area (TPSA) is 170 Å². The molecule has 11 nitrogen and oxygen atoms in total. The van der Waals surface area contributed by atoms with E-state index in [2.05, 4.69) is 14.5 Å². The number of nitrogen functional groups attached to an aromatic ring is 1. The third-order valence-electron chi connectivity index (χ3n) is 2.67. The molecule has 2 rings (SSSR count). The van der Waals surface area contributed by atoms with Gasteiger partial charge < -0.3 is 25.4 Å². The standard InChI is InChI=1S/C8H13N4O7P/c9-7-10-3-12(8(14)11-7)6-1-4(13)5(19-6)2-18-20(15,16)17/h3-6,13H,1-2H2,(H2,9,11,14)(H2,15,16,17)/t4-,5-,6-/m1/s1/i9+1,10+1,11+1,12+1. The van der Waals surface area contributed by atoms with Crippen LogP contribution in [0.4, 0.5) is 5.95 Å². The van der Waals surface area contributed by atoms with Crippen LogP contribution in [-0.4, -0.2) is 48.2 Å². The fourth-order valence-electron chi connectivity index (χ4n) is 1.76. The van der Waals surface area contributed by atoms with Crippen molar-refractivity contribution in [2.75, 3.05) is 12.3 Å². The minimum atomic E-state index is -4.65. The summed E-state index contributed by atoms with van der Waals surface area (Å²) in [6.45, 7) is -0.507. The van der Waals surface area contributed by atoms with Crippen LogP contribution < -0.4 is 11.4 Å². The lowest BCUT2D eigenvalue weighted by Gasteiger charge is -2.15. The summed E-state index contributed by atoms with van der Waals surface area (Å²) in [6, 6.07) is 0. The molecule has 1 aliphatic rings. The van der Waals surface area contributed by atoms with Crippen LogP contribution in [0.2, 0.25) is 0 Å². The Labute approximate surface area is 112 Å². The molecule has 0 radical (unpaired) electrons. The summed E-state index contributed by atoms with van der Waals surface area (Å²) in [4.78, 5) is 35.8. The molecular formula is C8H13N4O7P. The first-order valence-electron chi connectivity index (χ1n) is 5.50. The molecule has 0 aromatic carbocycles. The number of aromatic nitrogens is 3. The fraction of sp³-hybridized carbons (Fsp3) is 0.625. The Balaban J connectivity index is 2.06. The normalized spacial score (nSPS) is 26.9. The first-order chi connectivity index (χ1) is 9.26. The summed E-state index contributed by atoms with van der Waals surface area (Å²) in [6.07, 6.45) is -1.73. The van der Waals surface area contributed by atoms with Gasteiger partial charge in [0.05, 0.1) is 12.7 Å². The molecular weight excluding hydrogens is 299 g/mol. The van der Waals surface area contributed by atoms with Crippen molar-refractivity contribution in [1.82, 2.24) is 14.5 Å². The molecule has 20 heavy (non-hydrogen) atoms. The van der Waals surface area contributed by atoms with Gasteiger partial charge in [0, 0.05) is 6.42 Å². The Bertz CT molecular complexity index is 586. The summed E-state index contributed by atoms with van der Waals surface area (Å²) in [5.74, 6) is -0.189. The average Bonchev–Trinajstić information content (AvgIpc) is 2.67. The van der Waals surface area contributed by atoms with Gasteiger partial charge in [-0.05, 0) is 0 Å². The van der Waals surface area contributed by atoms with Gasteiger partial charge >= 0.3 is 13.5 Å². The predicted molar refractivity (Wildman–Crippen MR) is 63.2 cm³/mol. The minimum Gasteiger partial charge on any atom is -0.390 e. The number of nitrogens with two attached hydrogens (primary N) is 1. The second-order valence-electron chi connectivity index (χ2n) is 4.12. The van der Waals surface area contributed by atoms with Crippen molar-refractivity contribution >= 4 is 13.8 Å². The zero-order chi connectivity index (χ0) is 14.9. The largest absolute Gasteiger partial charge is 0.469 e. The smallest absolute Gasteiger partial charge is 0.390 e. The number of hydrogen-bond acceptors (Lipinski definition) is 8. The van der Waals surface area contributed by atoms with E-state index in [9.17, 15) is 14.5 Å². The highest BCUT2D eigenvalue weighted by Gasteiger charge is 2.37. The van der Waals surface area contributed by atoms with Crippen molar-refractivity contribution in [2.24, 2.45) is 0 Å². The van der Waals surface area contributed by atoms with Gasteiger partial charge in [-0.2, -0.15) is 4.98 Å². The van der Waals surface area contributed by atoms with E-state index in [4.69, 9.17) is 20.3 Å². The van der Waals surface area contributed by atoms with E-state index in [1.165, 1.54) is 0 Å². The van der Waals surface area contributed by atoms with E-state index in [-0.39, 0.29) is 12.4 Å². The lowest BCUT2D eigenvalue weighted by Crippen LogP contribution is -2.29. The van der Waals surface area contributed by atoms with E-state index in [1.54, 1.807) is 0 Å². The number of phosphoric acid groups is 1. The van der Waals surface area contributed by atoms with Gasteiger partial charge in [0.1, 0.15) is 18.7 Å². The molecule has 2 heterocycles. The lowest BCUT2D eigenvalue weighted by molar-refractivity contribution is -0.0453. The highest BCUT2D eigenvalue weighted by molar-refractivity contribution is 7.46. The van der Waals surface area contributed by atoms with Crippen LogP contribution in [0.15, 0.2) is 11.1 Å². The molecule has 0 amide bonds. The molecule has 112 valence electrons. The number of anilines is 1. The number of aliphatic hydroxyl groups is 1. The summed E-state index contributed by atoms with van der Waals surface area (Å²) in [5.41, 5.74) is 4.54. The quantitative estimate of drug-likeness (QED) is 0.359. The van der Waals surface area contributed by atoms with Crippen LogP contribution in [0, 0.1) is 0 Å². The van der Waals surface area contributed by atoms with E-state index in [0.29, 0.717) is 0 Å². The molecule has 0 bridgehead atoms. The Morgan fingerprint density at radius 2 is 2.30 bits per heavy atom. The zero-order valence-electron chi connectivity index (χ0n) is 10.1. The van der Waals surface area contributed by atoms with E-state index >= 15 is 0 Å². The predicted octanol–water partition coefficient (Wildman–Crippen LogP) is -2.02. The van der Waals surface area contributed by atoms with E-state index < -0.39 is 38.6 Å². The van der Waals surface area contributed by atoms with Crippen molar-refractivity contribution in [3.8, 4) is 0 Å². The lowest BCUT2D eigenvalue weighted by atomic mass is 10.2. The number of nitrogens with zero attached hydrogens (tertiary/aromatic N) is 3. The molecule has 0 unspecified atom stereocenters. The maximum absolute atomic E-state index is 11.6. The van der Waals surface area contributed by atoms with Gasteiger partial charge in [0.25, 0.3) is 0 Å². The number of rotatable bonds is 4. The highest BCUT2D eigenvalue weighted by atomic mass is 31.2. The summed E-state index contributed by atoms with van der Waals surface area (Å²) in [5, 5.41) is 9.72. The van der Waals surface area contributed by atoms with Crippen molar-refractivity contribution in [3.63, 3.8) is 0 Å². The molecule has 0 aliphatic carbocycles. The maximum atomic E-state index is 11.6. The fourth-order valence-corrected chi connectivity index (χ4v) is 2.10. The summed E-state index contributed by atoms with van der Waals surface area (Å²) in [7, 11) is -4.65. The molecule has 12 heteroatoms. The van der Waals surface area contributed by atoms with Gasteiger partial charge in [-0.1, -0.05) is 0 Å². The van der Waals surface area contributed by atoms with Crippen molar-refractivity contribution < 1.29 is 28.7 Å². The third kappa shape index (κ3) is 3.60. The zero-order valence-corrected chi connectivity index (χ0v) is 11.0. The first kappa shape index (κ1) is 15.0.